The van der Waals surface area contributed by atoms with E-state index in [0.717, 1.165) is 23.6 Å². The second kappa shape index (κ2) is 6.39. The molecule has 1 fully saturated rings. The number of carbonyl (C=O) groups is 1. The smallest absolute Gasteiger partial charge is 0.238 e. The lowest BCUT2D eigenvalue weighted by molar-refractivity contribution is -0.123. The lowest BCUT2D eigenvalue weighted by atomic mass is 10.2. The van der Waals surface area contributed by atoms with Gasteiger partial charge in [0.25, 0.3) is 0 Å². The van der Waals surface area contributed by atoms with Crippen LogP contribution in [0.5, 0.6) is 0 Å². The Kier molecular flexibility index (Phi) is 4.85. The molecule has 1 aliphatic heterocycles. The molecule has 2 atom stereocenters. The van der Waals surface area contributed by atoms with Gasteiger partial charge in [0.1, 0.15) is 0 Å². The van der Waals surface area contributed by atoms with Crippen molar-refractivity contribution < 1.29 is 9.90 Å². The molecule has 1 aromatic rings. The maximum Gasteiger partial charge on any atom is 0.238 e. The first-order chi connectivity index (χ1) is 8.27. The fourth-order valence-corrected chi connectivity index (χ4v) is 3.28. The highest BCUT2D eigenvalue weighted by Crippen LogP contribution is 2.15. The molecule has 0 spiro atoms. The molecule has 4 nitrogen and oxygen atoms in total. The molecule has 94 valence electrons. The van der Waals surface area contributed by atoms with Gasteiger partial charge in [0.05, 0.1) is 12.1 Å². The number of aliphatic hydroxyl groups is 1. The number of carbonyl (C=O) groups excluding carboxylic acids is 1. The SMILES string of the molecule is O=C(NCC(O)c1ccsc1)C1CSCCN1. The van der Waals surface area contributed by atoms with E-state index in [1.165, 1.54) is 0 Å². The van der Waals surface area contributed by atoms with E-state index in [0.29, 0.717) is 0 Å². The first kappa shape index (κ1) is 12.9. The van der Waals surface area contributed by atoms with E-state index < -0.39 is 6.10 Å². The lowest BCUT2D eigenvalue weighted by Gasteiger charge is -2.22. The molecule has 0 radical (unpaired) electrons. The zero-order chi connectivity index (χ0) is 12.1. The topological polar surface area (TPSA) is 61.4 Å². The van der Waals surface area contributed by atoms with Gasteiger partial charge < -0.3 is 15.7 Å². The van der Waals surface area contributed by atoms with Gasteiger partial charge in [0, 0.05) is 24.6 Å². The van der Waals surface area contributed by atoms with Crippen LogP contribution >= 0.6 is 23.1 Å². The summed E-state index contributed by atoms with van der Waals surface area (Å²) in [6, 6.07) is 1.75. The van der Waals surface area contributed by atoms with Crippen LogP contribution in [0.4, 0.5) is 0 Å². The second-order valence-electron chi connectivity index (χ2n) is 3.90. The molecule has 0 bridgehead atoms. The first-order valence-electron chi connectivity index (χ1n) is 5.56. The number of rotatable bonds is 4. The van der Waals surface area contributed by atoms with Crippen molar-refractivity contribution in [2.24, 2.45) is 0 Å². The molecule has 3 N–H and O–H groups in total. The van der Waals surface area contributed by atoms with E-state index in [2.05, 4.69) is 10.6 Å². The van der Waals surface area contributed by atoms with E-state index in [-0.39, 0.29) is 18.5 Å². The van der Waals surface area contributed by atoms with Gasteiger partial charge >= 0.3 is 0 Å². The van der Waals surface area contributed by atoms with Crippen LogP contribution in [0.2, 0.25) is 0 Å². The summed E-state index contributed by atoms with van der Waals surface area (Å²) >= 11 is 3.32. The number of thiophene rings is 1. The highest BCUT2D eigenvalue weighted by Gasteiger charge is 2.21. The number of hydrogen-bond acceptors (Lipinski definition) is 5. The van der Waals surface area contributed by atoms with Crippen LogP contribution in [0, 0.1) is 0 Å². The molecular weight excluding hydrogens is 256 g/mol. The summed E-state index contributed by atoms with van der Waals surface area (Å²) < 4.78 is 0. The molecule has 6 heteroatoms. The Morgan fingerprint density at radius 2 is 2.59 bits per heavy atom. The number of amides is 1. The second-order valence-corrected chi connectivity index (χ2v) is 5.83. The van der Waals surface area contributed by atoms with Crippen LogP contribution in [0.25, 0.3) is 0 Å². The summed E-state index contributed by atoms with van der Waals surface area (Å²) in [7, 11) is 0. The van der Waals surface area contributed by atoms with Gasteiger partial charge in [-0.05, 0) is 22.4 Å². The van der Waals surface area contributed by atoms with Crippen molar-refractivity contribution in [3.63, 3.8) is 0 Å². The average molecular weight is 272 g/mol. The van der Waals surface area contributed by atoms with Gasteiger partial charge in [-0.1, -0.05) is 0 Å². The van der Waals surface area contributed by atoms with Gasteiger partial charge in [0.15, 0.2) is 0 Å². The lowest BCUT2D eigenvalue weighted by Crippen LogP contribution is -2.49. The van der Waals surface area contributed by atoms with Crippen molar-refractivity contribution in [2.75, 3.05) is 24.6 Å². The standard InChI is InChI=1S/C11H16N2O2S2/c14-10(8-1-3-16-6-8)5-13-11(15)9-7-17-4-2-12-9/h1,3,6,9-10,12,14H,2,4-5,7H2,(H,13,15). The molecule has 0 aromatic carbocycles. The van der Waals surface area contributed by atoms with Crippen molar-refractivity contribution >= 4 is 29.0 Å². The molecule has 1 amide bonds. The molecule has 17 heavy (non-hydrogen) atoms. The Morgan fingerprint density at radius 1 is 1.71 bits per heavy atom. The Hall–Kier alpha value is -0.560. The molecule has 2 rings (SSSR count). The summed E-state index contributed by atoms with van der Waals surface area (Å²) in [6.07, 6.45) is -0.610. The number of nitrogens with one attached hydrogen (secondary N) is 2. The molecule has 1 aliphatic rings. The third kappa shape index (κ3) is 3.70. The van der Waals surface area contributed by atoms with Crippen LogP contribution in [-0.2, 0) is 4.79 Å². The minimum Gasteiger partial charge on any atom is -0.387 e. The molecule has 0 aliphatic carbocycles. The quantitative estimate of drug-likeness (QED) is 0.751. The Bertz CT molecular complexity index is 350. The zero-order valence-electron chi connectivity index (χ0n) is 9.39. The summed E-state index contributed by atoms with van der Waals surface area (Å²) in [5, 5.41) is 19.6. The largest absolute Gasteiger partial charge is 0.387 e. The molecule has 1 saturated heterocycles. The molecule has 1 aromatic heterocycles. The van der Waals surface area contributed by atoms with Gasteiger partial charge in [-0.3, -0.25) is 4.79 Å². The van der Waals surface area contributed by atoms with Gasteiger partial charge in [0.2, 0.25) is 5.91 Å². The molecule has 2 heterocycles. The van der Waals surface area contributed by atoms with Crippen molar-refractivity contribution in [3.05, 3.63) is 22.4 Å². The number of thioether (sulfide) groups is 1. The van der Waals surface area contributed by atoms with Crippen LogP contribution in [-0.4, -0.2) is 41.7 Å². The average Bonchev–Trinajstić information content (AvgIpc) is 2.90. The van der Waals surface area contributed by atoms with E-state index >= 15 is 0 Å². The van der Waals surface area contributed by atoms with Crippen LogP contribution in [0.1, 0.15) is 11.7 Å². The fourth-order valence-electron chi connectivity index (χ4n) is 1.64. The van der Waals surface area contributed by atoms with Crippen molar-refractivity contribution in [2.45, 2.75) is 12.1 Å². The van der Waals surface area contributed by atoms with Gasteiger partial charge in [-0.25, -0.2) is 0 Å². The summed E-state index contributed by atoms with van der Waals surface area (Å²) in [6.45, 7) is 1.15. The number of hydrogen-bond donors (Lipinski definition) is 3. The minimum atomic E-state index is -0.610. The highest BCUT2D eigenvalue weighted by molar-refractivity contribution is 7.99. The summed E-state index contributed by atoms with van der Waals surface area (Å²) in [5.74, 6) is 1.84. The van der Waals surface area contributed by atoms with E-state index in [9.17, 15) is 9.90 Å². The molecule has 0 saturated carbocycles. The predicted octanol–water partition coefficient (Wildman–Crippen LogP) is 0.603. The minimum absolute atomic E-state index is 0.0218. The Balaban J connectivity index is 1.75. The van der Waals surface area contributed by atoms with E-state index in [1.807, 2.05) is 16.8 Å². The predicted molar refractivity (Wildman–Crippen MR) is 71.4 cm³/mol. The van der Waals surface area contributed by atoms with Crippen LogP contribution in [0.3, 0.4) is 0 Å². The van der Waals surface area contributed by atoms with E-state index in [4.69, 9.17) is 0 Å². The van der Waals surface area contributed by atoms with Gasteiger partial charge in [-0.2, -0.15) is 23.1 Å². The van der Waals surface area contributed by atoms with E-state index in [1.54, 1.807) is 23.1 Å². The highest BCUT2D eigenvalue weighted by atomic mass is 32.2. The maximum atomic E-state index is 11.8. The number of aliphatic hydroxyl groups excluding tert-OH is 1. The first-order valence-corrected chi connectivity index (χ1v) is 7.66. The third-order valence-corrected chi connectivity index (χ3v) is 4.40. The van der Waals surface area contributed by atoms with Gasteiger partial charge in [-0.15, -0.1) is 0 Å². The Labute approximate surface area is 109 Å². The zero-order valence-corrected chi connectivity index (χ0v) is 11.0. The monoisotopic (exact) mass is 272 g/mol. The maximum absolute atomic E-state index is 11.8. The fraction of sp³-hybridized carbons (Fsp3) is 0.545. The van der Waals surface area contributed by atoms with Crippen LogP contribution in [0.15, 0.2) is 16.8 Å². The summed E-state index contributed by atoms with van der Waals surface area (Å²) in [4.78, 5) is 11.8. The Morgan fingerprint density at radius 3 is 3.24 bits per heavy atom. The van der Waals surface area contributed by atoms with Crippen molar-refractivity contribution in [3.8, 4) is 0 Å². The molecular formula is C11H16N2O2S2. The van der Waals surface area contributed by atoms with Crippen molar-refractivity contribution in [1.29, 1.82) is 0 Å². The van der Waals surface area contributed by atoms with Crippen molar-refractivity contribution in [1.82, 2.24) is 10.6 Å². The normalized spacial score (nSPS) is 22.1. The molecule has 2 unspecified atom stereocenters. The van der Waals surface area contributed by atoms with Crippen LogP contribution < -0.4 is 10.6 Å². The third-order valence-electron chi connectivity index (χ3n) is 2.64. The summed E-state index contributed by atoms with van der Waals surface area (Å²) in [5.41, 5.74) is 0.862.